The van der Waals surface area contributed by atoms with E-state index in [0.29, 0.717) is 35.8 Å². The molecule has 104 valence electrons. The van der Waals surface area contributed by atoms with Gasteiger partial charge in [-0.05, 0) is 19.1 Å². The van der Waals surface area contributed by atoms with Gasteiger partial charge in [0.1, 0.15) is 17.0 Å². The average molecular weight is 272 g/mol. The number of piperazine rings is 1. The normalized spacial score (nSPS) is 15.3. The quantitative estimate of drug-likeness (QED) is 0.886. The Labute approximate surface area is 116 Å². The summed E-state index contributed by atoms with van der Waals surface area (Å²) in [7, 11) is 0. The van der Waals surface area contributed by atoms with Gasteiger partial charge in [-0.15, -0.1) is 0 Å². The molecule has 1 aliphatic rings. The molecule has 0 radical (unpaired) electrons. The standard InChI is InChI=1S/C14H16N4O2/c1-10-12(14(19)18-8-6-15-7-9-18)13(17-20-10)11-4-2-3-5-16-11/h2-5,15H,6-9H2,1H3. The molecule has 1 fully saturated rings. The van der Waals surface area contributed by atoms with Gasteiger partial charge in [0.25, 0.3) is 5.91 Å². The van der Waals surface area contributed by atoms with Crippen LogP contribution in [0.15, 0.2) is 28.9 Å². The maximum absolute atomic E-state index is 12.6. The first-order valence-corrected chi connectivity index (χ1v) is 6.65. The van der Waals surface area contributed by atoms with E-state index in [0.717, 1.165) is 13.1 Å². The predicted molar refractivity (Wildman–Crippen MR) is 73.2 cm³/mol. The first-order valence-electron chi connectivity index (χ1n) is 6.65. The molecule has 20 heavy (non-hydrogen) atoms. The second-order valence-electron chi connectivity index (χ2n) is 4.72. The van der Waals surface area contributed by atoms with Gasteiger partial charge in [0.05, 0.1) is 5.69 Å². The Morgan fingerprint density at radius 2 is 2.15 bits per heavy atom. The summed E-state index contributed by atoms with van der Waals surface area (Å²) in [5, 5.41) is 7.23. The summed E-state index contributed by atoms with van der Waals surface area (Å²) in [5.74, 6) is 0.500. The lowest BCUT2D eigenvalue weighted by molar-refractivity contribution is 0.0734. The third kappa shape index (κ3) is 2.30. The van der Waals surface area contributed by atoms with E-state index in [1.54, 1.807) is 13.1 Å². The molecule has 6 nitrogen and oxygen atoms in total. The van der Waals surface area contributed by atoms with Crippen LogP contribution in [0, 0.1) is 6.92 Å². The fourth-order valence-corrected chi connectivity index (χ4v) is 2.33. The van der Waals surface area contributed by atoms with Crippen LogP contribution in [0.4, 0.5) is 0 Å². The number of hydrogen-bond donors (Lipinski definition) is 1. The molecule has 0 atom stereocenters. The summed E-state index contributed by atoms with van der Waals surface area (Å²) in [6.07, 6.45) is 1.68. The van der Waals surface area contributed by atoms with Crippen LogP contribution in [0.5, 0.6) is 0 Å². The number of nitrogens with zero attached hydrogens (tertiary/aromatic N) is 3. The molecular weight excluding hydrogens is 256 g/mol. The molecule has 3 rings (SSSR count). The van der Waals surface area contributed by atoms with Gasteiger partial charge in [0.2, 0.25) is 0 Å². The Morgan fingerprint density at radius 3 is 2.85 bits per heavy atom. The van der Waals surface area contributed by atoms with E-state index in [-0.39, 0.29) is 5.91 Å². The molecule has 0 aromatic carbocycles. The van der Waals surface area contributed by atoms with Crippen molar-refractivity contribution in [3.63, 3.8) is 0 Å². The minimum absolute atomic E-state index is 0.0362. The number of pyridine rings is 1. The van der Waals surface area contributed by atoms with Gasteiger partial charge in [0.15, 0.2) is 0 Å². The van der Waals surface area contributed by atoms with Crippen LogP contribution in [-0.2, 0) is 0 Å². The van der Waals surface area contributed by atoms with Crippen LogP contribution in [0.1, 0.15) is 16.1 Å². The zero-order valence-electron chi connectivity index (χ0n) is 11.3. The maximum atomic E-state index is 12.6. The van der Waals surface area contributed by atoms with Crippen molar-refractivity contribution in [2.45, 2.75) is 6.92 Å². The van der Waals surface area contributed by atoms with Gasteiger partial charge in [-0.2, -0.15) is 0 Å². The number of hydrogen-bond acceptors (Lipinski definition) is 5. The molecule has 2 aromatic rings. The number of carbonyl (C=O) groups excluding carboxylic acids is 1. The van der Waals surface area contributed by atoms with Crippen molar-refractivity contribution >= 4 is 5.91 Å². The maximum Gasteiger partial charge on any atom is 0.259 e. The van der Waals surface area contributed by atoms with Crippen molar-refractivity contribution < 1.29 is 9.32 Å². The first-order chi connectivity index (χ1) is 9.77. The van der Waals surface area contributed by atoms with Gasteiger partial charge in [-0.3, -0.25) is 9.78 Å². The lowest BCUT2D eigenvalue weighted by atomic mass is 10.1. The molecular formula is C14H16N4O2. The van der Waals surface area contributed by atoms with Crippen molar-refractivity contribution in [1.29, 1.82) is 0 Å². The van der Waals surface area contributed by atoms with E-state index in [4.69, 9.17) is 4.52 Å². The molecule has 6 heteroatoms. The highest BCUT2D eigenvalue weighted by Crippen LogP contribution is 2.24. The third-order valence-corrected chi connectivity index (χ3v) is 3.39. The van der Waals surface area contributed by atoms with E-state index >= 15 is 0 Å². The smallest absolute Gasteiger partial charge is 0.259 e. The van der Waals surface area contributed by atoms with Gasteiger partial charge in [-0.25, -0.2) is 0 Å². The fraction of sp³-hybridized carbons (Fsp3) is 0.357. The molecule has 3 heterocycles. The molecule has 1 amide bonds. The molecule has 0 bridgehead atoms. The van der Waals surface area contributed by atoms with E-state index in [9.17, 15) is 4.79 Å². The molecule has 1 saturated heterocycles. The van der Waals surface area contributed by atoms with Gasteiger partial charge >= 0.3 is 0 Å². The minimum Gasteiger partial charge on any atom is -0.360 e. The second-order valence-corrected chi connectivity index (χ2v) is 4.72. The Balaban J connectivity index is 1.97. The largest absolute Gasteiger partial charge is 0.360 e. The second kappa shape index (κ2) is 5.42. The van der Waals surface area contributed by atoms with Crippen molar-refractivity contribution in [3.05, 3.63) is 35.7 Å². The Morgan fingerprint density at radius 1 is 1.35 bits per heavy atom. The van der Waals surface area contributed by atoms with Crippen molar-refractivity contribution in [1.82, 2.24) is 20.4 Å². The van der Waals surface area contributed by atoms with E-state index in [1.807, 2.05) is 23.1 Å². The summed E-state index contributed by atoms with van der Waals surface area (Å²) < 4.78 is 5.21. The van der Waals surface area contributed by atoms with Crippen LogP contribution in [0.3, 0.4) is 0 Å². The number of rotatable bonds is 2. The average Bonchev–Trinajstić information content (AvgIpc) is 2.90. The van der Waals surface area contributed by atoms with Gasteiger partial charge in [-0.1, -0.05) is 11.2 Å². The van der Waals surface area contributed by atoms with Crippen molar-refractivity contribution in [2.75, 3.05) is 26.2 Å². The number of aromatic nitrogens is 2. The molecule has 0 saturated carbocycles. The lowest BCUT2D eigenvalue weighted by Crippen LogP contribution is -2.46. The lowest BCUT2D eigenvalue weighted by Gasteiger charge is -2.27. The summed E-state index contributed by atoms with van der Waals surface area (Å²) in [4.78, 5) is 18.7. The fourth-order valence-electron chi connectivity index (χ4n) is 2.33. The summed E-state index contributed by atoms with van der Waals surface area (Å²) in [6.45, 7) is 4.79. The molecule has 0 unspecified atom stereocenters. The molecule has 0 aliphatic carbocycles. The van der Waals surface area contributed by atoms with E-state index < -0.39 is 0 Å². The topological polar surface area (TPSA) is 71.3 Å². The first kappa shape index (κ1) is 12.8. The van der Waals surface area contributed by atoms with Crippen LogP contribution in [-0.4, -0.2) is 47.1 Å². The Bertz CT molecular complexity index is 603. The van der Waals surface area contributed by atoms with Crippen molar-refractivity contribution in [2.24, 2.45) is 0 Å². The minimum atomic E-state index is -0.0362. The van der Waals surface area contributed by atoms with Crippen LogP contribution in [0.25, 0.3) is 11.4 Å². The number of amides is 1. The van der Waals surface area contributed by atoms with E-state index in [2.05, 4.69) is 15.5 Å². The van der Waals surface area contributed by atoms with Crippen LogP contribution < -0.4 is 5.32 Å². The third-order valence-electron chi connectivity index (χ3n) is 3.39. The monoisotopic (exact) mass is 272 g/mol. The molecule has 1 N–H and O–H groups in total. The number of aryl methyl sites for hydroxylation is 1. The summed E-state index contributed by atoms with van der Waals surface area (Å²) in [6, 6.07) is 5.52. The molecule has 0 spiro atoms. The van der Waals surface area contributed by atoms with Crippen LogP contribution >= 0.6 is 0 Å². The van der Waals surface area contributed by atoms with Crippen LogP contribution in [0.2, 0.25) is 0 Å². The zero-order chi connectivity index (χ0) is 13.9. The summed E-state index contributed by atoms with van der Waals surface area (Å²) >= 11 is 0. The van der Waals surface area contributed by atoms with Crippen molar-refractivity contribution in [3.8, 4) is 11.4 Å². The van der Waals surface area contributed by atoms with Gasteiger partial charge in [0, 0.05) is 32.4 Å². The summed E-state index contributed by atoms with van der Waals surface area (Å²) in [5.41, 5.74) is 1.69. The highest BCUT2D eigenvalue weighted by molar-refractivity contribution is 6.00. The molecule has 2 aromatic heterocycles. The Hall–Kier alpha value is -2.21. The molecule has 1 aliphatic heterocycles. The highest BCUT2D eigenvalue weighted by atomic mass is 16.5. The van der Waals surface area contributed by atoms with Gasteiger partial charge < -0.3 is 14.7 Å². The highest BCUT2D eigenvalue weighted by Gasteiger charge is 2.27. The SMILES string of the molecule is Cc1onc(-c2ccccn2)c1C(=O)N1CCNCC1. The Kier molecular flexibility index (Phi) is 3.47. The zero-order valence-corrected chi connectivity index (χ0v) is 11.3. The number of nitrogens with one attached hydrogen (secondary N) is 1. The number of carbonyl (C=O) groups is 1. The predicted octanol–water partition coefficient (Wildman–Crippen LogP) is 1.09. The van der Waals surface area contributed by atoms with E-state index in [1.165, 1.54) is 0 Å².